The molecule has 0 atom stereocenters. The monoisotopic (exact) mass is 493 g/mol. The summed E-state index contributed by atoms with van der Waals surface area (Å²) in [6.45, 7) is 3.70. The lowest BCUT2D eigenvalue weighted by atomic mass is 10.1. The van der Waals surface area contributed by atoms with E-state index in [9.17, 15) is 9.59 Å². The van der Waals surface area contributed by atoms with Crippen molar-refractivity contribution in [1.29, 1.82) is 0 Å². The lowest BCUT2D eigenvalue weighted by molar-refractivity contribution is 0.102. The summed E-state index contributed by atoms with van der Waals surface area (Å²) in [4.78, 5) is 33.5. The van der Waals surface area contributed by atoms with Crippen LogP contribution in [-0.2, 0) is 0 Å². The van der Waals surface area contributed by atoms with Crippen molar-refractivity contribution in [3.63, 3.8) is 0 Å². The average molecular weight is 494 g/mol. The smallest absolute Gasteiger partial charge is 0.321 e. The number of urea groups is 1. The third-order valence-corrected chi connectivity index (χ3v) is 5.60. The zero-order chi connectivity index (χ0) is 24.9. The number of amides is 3. The van der Waals surface area contributed by atoms with E-state index in [-0.39, 0.29) is 29.7 Å². The molecule has 3 amide bonds. The number of nitrogens with zero attached hydrogens (tertiary/aromatic N) is 3. The second-order valence-corrected chi connectivity index (χ2v) is 8.68. The molecule has 2 aromatic heterocycles. The first-order valence-electron chi connectivity index (χ1n) is 10.6. The van der Waals surface area contributed by atoms with E-state index >= 15 is 0 Å². The first-order valence-corrected chi connectivity index (χ1v) is 11.4. The summed E-state index contributed by atoms with van der Waals surface area (Å²) < 4.78 is 10.6. The number of nitrogen functional groups attached to an aromatic ring is 1. The van der Waals surface area contributed by atoms with Crippen LogP contribution in [0.5, 0.6) is 5.75 Å². The molecule has 0 unspecified atom stereocenters. The molecule has 12 heteroatoms. The predicted molar refractivity (Wildman–Crippen MR) is 133 cm³/mol. The van der Waals surface area contributed by atoms with Crippen LogP contribution < -0.4 is 26.4 Å². The third kappa shape index (κ3) is 5.73. The molecule has 35 heavy (non-hydrogen) atoms. The molecule has 11 nitrogen and oxygen atoms in total. The highest BCUT2D eigenvalue weighted by Gasteiger charge is 2.19. The number of hydrogen-bond donors (Lipinski definition) is 4. The number of ether oxygens (including phenoxy) is 1. The van der Waals surface area contributed by atoms with Crippen molar-refractivity contribution >= 4 is 39.9 Å². The minimum atomic E-state index is -0.390. The molecule has 0 aliphatic rings. The second-order valence-electron chi connectivity index (χ2n) is 7.68. The number of rotatable bonds is 7. The van der Waals surface area contributed by atoms with Gasteiger partial charge in [0.25, 0.3) is 11.8 Å². The van der Waals surface area contributed by atoms with Crippen LogP contribution in [0.1, 0.15) is 24.2 Å². The summed E-state index contributed by atoms with van der Waals surface area (Å²) in [6, 6.07) is 13.5. The van der Waals surface area contributed by atoms with Crippen molar-refractivity contribution in [3.8, 4) is 27.9 Å². The van der Waals surface area contributed by atoms with Gasteiger partial charge in [0.05, 0.1) is 7.11 Å². The van der Waals surface area contributed by atoms with Gasteiger partial charge in [-0.05, 0) is 44.2 Å². The van der Waals surface area contributed by atoms with Gasteiger partial charge in [-0.3, -0.25) is 10.1 Å². The van der Waals surface area contributed by atoms with E-state index in [4.69, 9.17) is 15.0 Å². The summed E-state index contributed by atoms with van der Waals surface area (Å²) >= 11 is 1.12. The molecule has 5 N–H and O–H groups in total. The van der Waals surface area contributed by atoms with Gasteiger partial charge in [-0.2, -0.15) is 4.98 Å². The predicted octanol–water partition coefficient (Wildman–Crippen LogP) is 4.23. The number of thiazole rings is 1. The topological polar surface area (TPSA) is 157 Å². The molecule has 0 radical (unpaired) electrons. The highest BCUT2D eigenvalue weighted by Crippen LogP contribution is 2.35. The van der Waals surface area contributed by atoms with E-state index in [0.29, 0.717) is 38.4 Å². The van der Waals surface area contributed by atoms with Gasteiger partial charge in [0.2, 0.25) is 5.82 Å². The van der Waals surface area contributed by atoms with Crippen LogP contribution in [0.2, 0.25) is 0 Å². The fourth-order valence-corrected chi connectivity index (χ4v) is 3.87. The fourth-order valence-electron chi connectivity index (χ4n) is 3.07. The zero-order valence-corrected chi connectivity index (χ0v) is 20.0. The van der Waals surface area contributed by atoms with E-state index < -0.39 is 0 Å². The number of nitrogens with two attached hydrogens (primary N) is 1. The van der Waals surface area contributed by atoms with Crippen molar-refractivity contribution in [1.82, 2.24) is 20.4 Å². The van der Waals surface area contributed by atoms with Gasteiger partial charge < -0.3 is 25.6 Å². The molecule has 0 spiro atoms. The first-order chi connectivity index (χ1) is 16.8. The summed E-state index contributed by atoms with van der Waals surface area (Å²) in [5, 5.41) is 12.5. The normalized spacial score (nSPS) is 10.7. The van der Waals surface area contributed by atoms with Gasteiger partial charge in [-0.1, -0.05) is 34.7 Å². The molecular weight excluding hydrogens is 470 g/mol. The Kier molecular flexibility index (Phi) is 6.92. The molecule has 2 aromatic carbocycles. The van der Waals surface area contributed by atoms with E-state index in [1.54, 1.807) is 55.6 Å². The Labute approximate surface area is 204 Å². The minimum Gasteiger partial charge on any atom is -0.497 e. The Morgan fingerprint density at radius 2 is 1.89 bits per heavy atom. The van der Waals surface area contributed by atoms with Crippen LogP contribution in [0.25, 0.3) is 22.2 Å². The molecule has 0 saturated carbocycles. The average Bonchev–Trinajstić information content (AvgIpc) is 3.45. The van der Waals surface area contributed by atoms with Gasteiger partial charge in [0, 0.05) is 22.9 Å². The lowest BCUT2D eigenvalue weighted by Crippen LogP contribution is -2.34. The van der Waals surface area contributed by atoms with Crippen molar-refractivity contribution in [2.75, 3.05) is 23.5 Å². The summed E-state index contributed by atoms with van der Waals surface area (Å²) in [5.74, 6) is 0.931. The number of carbonyl (C=O) groups is 2. The Morgan fingerprint density at radius 3 is 2.66 bits per heavy atom. The van der Waals surface area contributed by atoms with Crippen LogP contribution in [0, 0.1) is 0 Å². The quantitative estimate of drug-likeness (QED) is 0.298. The number of aromatic nitrogens is 3. The molecular formula is C23H23N7O4S. The zero-order valence-electron chi connectivity index (χ0n) is 19.2. The fraction of sp³-hybridized carbons (Fsp3) is 0.174. The number of nitrogens with one attached hydrogen (secondary N) is 3. The Balaban J connectivity index is 1.50. The van der Waals surface area contributed by atoms with Crippen molar-refractivity contribution in [2.24, 2.45) is 0 Å². The van der Waals surface area contributed by atoms with Gasteiger partial charge >= 0.3 is 6.03 Å². The van der Waals surface area contributed by atoms with E-state index in [1.807, 2.05) is 13.8 Å². The summed E-state index contributed by atoms with van der Waals surface area (Å²) in [5.41, 5.74) is 7.64. The number of carbonyl (C=O) groups excluding carboxylic acids is 2. The molecule has 0 fully saturated rings. The Hall–Kier alpha value is -4.45. The van der Waals surface area contributed by atoms with Crippen LogP contribution in [0.15, 0.2) is 53.1 Å². The maximum atomic E-state index is 12.6. The summed E-state index contributed by atoms with van der Waals surface area (Å²) in [7, 11) is 1.54. The van der Waals surface area contributed by atoms with Crippen LogP contribution in [0.3, 0.4) is 0 Å². The molecule has 0 saturated heterocycles. The highest BCUT2D eigenvalue weighted by atomic mass is 32.1. The van der Waals surface area contributed by atoms with Crippen molar-refractivity contribution in [3.05, 3.63) is 54.1 Å². The largest absolute Gasteiger partial charge is 0.497 e. The maximum absolute atomic E-state index is 12.6. The third-order valence-electron chi connectivity index (χ3n) is 4.62. The molecule has 0 aliphatic heterocycles. The van der Waals surface area contributed by atoms with E-state index in [1.165, 1.54) is 0 Å². The number of hydrogen-bond acceptors (Lipinski definition) is 9. The molecule has 0 bridgehead atoms. The van der Waals surface area contributed by atoms with Crippen LogP contribution >= 0.6 is 11.3 Å². The van der Waals surface area contributed by atoms with Crippen molar-refractivity contribution < 1.29 is 18.8 Å². The minimum absolute atomic E-state index is 0.0265. The van der Waals surface area contributed by atoms with Gasteiger partial charge in [-0.15, -0.1) is 0 Å². The van der Waals surface area contributed by atoms with Crippen LogP contribution in [0.4, 0.5) is 21.4 Å². The van der Waals surface area contributed by atoms with E-state index in [2.05, 4.69) is 31.1 Å². The standard InChI is InChI=1S/C23H23N7O4S/c1-12(2)25-22(32)29-23-27-18(24)17(35-23)21-28-19(30-34-21)13-6-4-8-15(10-13)26-20(31)14-7-5-9-16(11-14)33-3/h4-12H,24H2,1-3H3,(H,26,31)(H2,25,27,29,32). The number of methoxy groups -OCH3 is 1. The number of anilines is 3. The first kappa shape index (κ1) is 23.7. The molecule has 0 aliphatic carbocycles. The number of benzene rings is 2. The SMILES string of the molecule is COc1cccc(C(=O)Nc2cccc(-c3noc(-c4sc(NC(=O)NC(C)C)nc4N)n3)c2)c1. The molecule has 2 heterocycles. The van der Waals surface area contributed by atoms with Crippen molar-refractivity contribution in [2.45, 2.75) is 19.9 Å². The van der Waals surface area contributed by atoms with E-state index in [0.717, 1.165) is 11.3 Å². The molecule has 180 valence electrons. The lowest BCUT2D eigenvalue weighted by Gasteiger charge is -2.07. The Bertz CT molecular complexity index is 1370. The summed E-state index contributed by atoms with van der Waals surface area (Å²) in [6.07, 6.45) is 0. The van der Waals surface area contributed by atoms with Crippen LogP contribution in [-0.4, -0.2) is 40.2 Å². The highest BCUT2D eigenvalue weighted by molar-refractivity contribution is 7.19. The van der Waals surface area contributed by atoms with Gasteiger partial charge in [0.1, 0.15) is 16.4 Å². The van der Waals surface area contributed by atoms with Gasteiger partial charge in [0.15, 0.2) is 5.13 Å². The maximum Gasteiger partial charge on any atom is 0.321 e. The second kappa shape index (κ2) is 10.2. The molecule has 4 rings (SSSR count). The van der Waals surface area contributed by atoms with Gasteiger partial charge in [-0.25, -0.2) is 9.78 Å². The Morgan fingerprint density at radius 1 is 1.09 bits per heavy atom. The molecule has 4 aromatic rings.